The highest BCUT2D eigenvalue weighted by Gasteiger charge is 2.14. The number of fused-ring (bicyclic) bond motifs is 1. The van der Waals surface area contributed by atoms with Crippen LogP contribution in [-0.2, 0) is 17.8 Å². The maximum atomic E-state index is 12.4. The zero-order chi connectivity index (χ0) is 16.8. The first-order valence-electron chi connectivity index (χ1n) is 7.88. The van der Waals surface area contributed by atoms with Gasteiger partial charge in [0, 0.05) is 19.0 Å². The monoisotopic (exact) mass is 322 g/mol. The van der Waals surface area contributed by atoms with Crippen molar-refractivity contribution in [2.45, 2.75) is 19.4 Å². The number of carbonyl (C=O) groups excluding carboxylic acids is 1. The lowest BCUT2D eigenvalue weighted by molar-refractivity contribution is -0.126. The highest BCUT2D eigenvalue weighted by atomic mass is 16.5. The van der Waals surface area contributed by atoms with Gasteiger partial charge in [-0.3, -0.25) is 4.79 Å². The molecule has 1 aromatic carbocycles. The quantitative estimate of drug-likeness (QED) is 0.766. The molecule has 1 aliphatic heterocycles. The van der Waals surface area contributed by atoms with Crippen molar-refractivity contribution in [2.75, 3.05) is 13.2 Å². The number of carbonyl (C=O) groups is 1. The summed E-state index contributed by atoms with van der Waals surface area (Å²) in [6.07, 6.45) is 6.10. The molecule has 1 aromatic heterocycles. The summed E-state index contributed by atoms with van der Waals surface area (Å²) >= 11 is 0. The molecule has 2 aromatic rings. The molecule has 1 amide bonds. The molecule has 2 heterocycles. The van der Waals surface area contributed by atoms with Crippen LogP contribution < -0.4 is 4.74 Å². The van der Waals surface area contributed by atoms with E-state index in [1.54, 1.807) is 23.3 Å². The summed E-state index contributed by atoms with van der Waals surface area (Å²) in [6.45, 7) is 1.45. The fourth-order valence-corrected chi connectivity index (χ4v) is 2.63. The Labute approximate surface area is 140 Å². The predicted molar refractivity (Wildman–Crippen MR) is 89.0 cm³/mol. The van der Waals surface area contributed by atoms with Crippen LogP contribution >= 0.6 is 0 Å². The summed E-state index contributed by atoms with van der Waals surface area (Å²) < 4.78 is 10.8. The van der Waals surface area contributed by atoms with E-state index in [1.807, 2.05) is 24.3 Å². The minimum atomic E-state index is -0.140. The summed E-state index contributed by atoms with van der Waals surface area (Å²) in [5.41, 5.74) is 2.13. The predicted octanol–water partition coefficient (Wildman–Crippen LogP) is 3.17. The zero-order valence-electron chi connectivity index (χ0n) is 13.3. The molecule has 122 valence electrons. The minimum absolute atomic E-state index is 0.140. The summed E-state index contributed by atoms with van der Waals surface area (Å²) in [6, 6.07) is 11.6. The van der Waals surface area contributed by atoms with Gasteiger partial charge in [0.1, 0.15) is 11.5 Å². The smallest absolute Gasteiger partial charge is 0.247 e. The van der Waals surface area contributed by atoms with E-state index in [9.17, 15) is 4.79 Å². The summed E-state index contributed by atoms with van der Waals surface area (Å²) in [4.78, 5) is 14.1. The second kappa shape index (κ2) is 7.51. The Hall–Kier alpha value is -3.00. The first-order chi connectivity index (χ1) is 11.8. The third-order valence-electron chi connectivity index (χ3n) is 3.86. The molecule has 1 aliphatic rings. The number of ether oxygens (including phenoxy) is 1. The van der Waals surface area contributed by atoms with Gasteiger partial charge in [-0.15, -0.1) is 0 Å². The molecular formula is C19H18N2O3. The van der Waals surface area contributed by atoms with Crippen molar-refractivity contribution in [3.05, 3.63) is 59.6 Å². The molecule has 0 radical (unpaired) electrons. The van der Waals surface area contributed by atoms with Crippen LogP contribution in [0.15, 0.2) is 47.1 Å². The van der Waals surface area contributed by atoms with Crippen LogP contribution in [0, 0.1) is 11.3 Å². The zero-order valence-corrected chi connectivity index (χ0v) is 13.3. The van der Waals surface area contributed by atoms with Crippen molar-refractivity contribution in [3.8, 4) is 11.8 Å². The summed E-state index contributed by atoms with van der Waals surface area (Å²) in [5.74, 6) is 1.48. The fourth-order valence-electron chi connectivity index (χ4n) is 2.63. The molecule has 0 bridgehead atoms. The van der Waals surface area contributed by atoms with Gasteiger partial charge in [0.15, 0.2) is 0 Å². The maximum Gasteiger partial charge on any atom is 0.247 e. The number of furan rings is 1. The molecule has 0 atom stereocenters. The molecule has 0 aliphatic carbocycles. The summed E-state index contributed by atoms with van der Waals surface area (Å²) in [7, 11) is 0. The van der Waals surface area contributed by atoms with Crippen molar-refractivity contribution < 1.29 is 13.9 Å². The Morgan fingerprint density at radius 3 is 3.08 bits per heavy atom. The van der Waals surface area contributed by atoms with Gasteiger partial charge in [0.25, 0.3) is 0 Å². The van der Waals surface area contributed by atoms with Crippen molar-refractivity contribution in [2.24, 2.45) is 0 Å². The number of nitrogens with zero attached hydrogens (tertiary/aromatic N) is 2. The van der Waals surface area contributed by atoms with E-state index >= 15 is 0 Å². The van der Waals surface area contributed by atoms with E-state index < -0.39 is 0 Å². The molecule has 0 N–H and O–H groups in total. The van der Waals surface area contributed by atoms with Crippen LogP contribution in [0.25, 0.3) is 6.08 Å². The Bertz CT molecular complexity index is 772. The lowest BCUT2D eigenvalue weighted by Crippen LogP contribution is -2.29. The highest BCUT2D eigenvalue weighted by molar-refractivity contribution is 5.91. The number of nitriles is 1. The van der Waals surface area contributed by atoms with Crippen LogP contribution in [0.3, 0.4) is 0 Å². The Morgan fingerprint density at radius 2 is 2.29 bits per heavy atom. The minimum Gasteiger partial charge on any atom is -0.493 e. The van der Waals surface area contributed by atoms with E-state index in [1.165, 1.54) is 11.6 Å². The Balaban J connectivity index is 1.68. The standard InChI is InChI=1S/C19H18N2O3/c20-9-2-10-21(14-17-3-1-11-23-17)19(22)7-5-15-4-6-18-16(13-15)8-12-24-18/h1,3-7,11,13H,2,8,10,12,14H2/b7-5+. The van der Waals surface area contributed by atoms with Crippen LogP contribution in [-0.4, -0.2) is 24.0 Å². The van der Waals surface area contributed by atoms with Crippen molar-refractivity contribution >= 4 is 12.0 Å². The van der Waals surface area contributed by atoms with E-state index in [0.717, 1.165) is 17.7 Å². The van der Waals surface area contributed by atoms with Gasteiger partial charge in [-0.1, -0.05) is 6.07 Å². The largest absolute Gasteiger partial charge is 0.493 e. The number of hydrogen-bond acceptors (Lipinski definition) is 4. The van der Waals surface area contributed by atoms with Crippen molar-refractivity contribution in [1.29, 1.82) is 5.26 Å². The fraction of sp³-hybridized carbons (Fsp3) is 0.263. The first kappa shape index (κ1) is 15.9. The van der Waals surface area contributed by atoms with Crippen LogP contribution in [0.2, 0.25) is 0 Å². The molecule has 5 heteroatoms. The second-order valence-corrected chi connectivity index (χ2v) is 5.55. The average Bonchev–Trinajstić information content (AvgIpc) is 3.27. The second-order valence-electron chi connectivity index (χ2n) is 5.55. The van der Waals surface area contributed by atoms with Gasteiger partial charge in [-0.05, 0) is 41.5 Å². The normalized spacial score (nSPS) is 12.6. The van der Waals surface area contributed by atoms with Gasteiger partial charge in [0.2, 0.25) is 5.91 Å². The first-order valence-corrected chi connectivity index (χ1v) is 7.88. The number of benzene rings is 1. The van der Waals surface area contributed by atoms with Gasteiger partial charge in [0.05, 0.1) is 31.9 Å². The van der Waals surface area contributed by atoms with Crippen LogP contribution in [0.4, 0.5) is 0 Å². The molecule has 5 nitrogen and oxygen atoms in total. The molecule has 24 heavy (non-hydrogen) atoms. The molecule has 0 fully saturated rings. The van der Waals surface area contributed by atoms with Gasteiger partial charge < -0.3 is 14.1 Å². The Morgan fingerprint density at radius 1 is 1.38 bits per heavy atom. The lowest BCUT2D eigenvalue weighted by atomic mass is 10.1. The van der Waals surface area contributed by atoms with E-state index in [0.29, 0.717) is 25.5 Å². The number of hydrogen-bond donors (Lipinski definition) is 0. The van der Waals surface area contributed by atoms with Gasteiger partial charge >= 0.3 is 0 Å². The van der Waals surface area contributed by atoms with Gasteiger partial charge in [-0.25, -0.2) is 0 Å². The Kier molecular flexibility index (Phi) is 4.97. The summed E-state index contributed by atoms with van der Waals surface area (Å²) in [5, 5.41) is 8.78. The van der Waals surface area contributed by atoms with Crippen molar-refractivity contribution in [1.82, 2.24) is 4.90 Å². The number of amides is 1. The lowest BCUT2D eigenvalue weighted by Gasteiger charge is -2.18. The molecule has 3 rings (SSSR count). The maximum absolute atomic E-state index is 12.4. The molecule has 0 spiro atoms. The van der Waals surface area contributed by atoms with Crippen LogP contribution in [0.1, 0.15) is 23.3 Å². The third kappa shape index (κ3) is 3.85. The molecule has 0 unspecified atom stereocenters. The van der Waals surface area contributed by atoms with E-state index in [4.69, 9.17) is 14.4 Å². The molecule has 0 saturated carbocycles. The van der Waals surface area contributed by atoms with Crippen LogP contribution in [0.5, 0.6) is 5.75 Å². The number of rotatable bonds is 6. The van der Waals surface area contributed by atoms with Gasteiger partial charge in [-0.2, -0.15) is 5.26 Å². The third-order valence-corrected chi connectivity index (χ3v) is 3.86. The average molecular weight is 322 g/mol. The topological polar surface area (TPSA) is 66.5 Å². The van der Waals surface area contributed by atoms with E-state index in [-0.39, 0.29) is 12.3 Å². The molecule has 0 saturated heterocycles. The molecular weight excluding hydrogens is 304 g/mol. The van der Waals surface area contributed by atoms with E-state index in [2.05, 4.69) is 6.07 Å². The SMILES string of the molecule is N#CCCN(Cc1ccco1)C(=O)/C=C/c1ccc2c(c1)CCO2. The van der Waals surface area contributed by atoms with Crippen molar-refractivity contribution in [3.63, 3.8) is 0 Å². The highest BCUT2D eigenvalue weighted by Crippen LogP contribution is 2.26.